The van der Waals surface area contributed by atoms with Crippen LogP contribution in [0, 0.1) is 0 Å². The van der Waals surface area contributed by atoms with Gasteiger partial charge in [-0.2, -0.15) is 0 Å². The minimum atomic E-state index is 0.222. The standard InChI is InChI=1S/C16H21NS/c1-16(2,3)11-6-7-13-12(8-11)15(10-4-5-10)14(9-17)18-13/h6-8,10H,4-5,9,17H2,1-3H3. The van der Waals surface area contributed by atoms with Crippen molar-refractivity contribution in [3.05, 3.63) is 34.2 Å². The molecule has 1 aromatic carbocycles. The Hall–Kier alpha value is -0.860. The highest BCUT2D eigenvalue weighted by molar-refractivity contribution is 7.19. The van der Waals surface area contributed by atoms with E-state index in [0.717, 1.165) is 5.92 Å². The van der Waals surface area contributed by atoms with Gasteiger partial charge in [0.25, 0.3) is 0 Å². The predicted octanol–water partition coefficient (Wildman–Crippen LogP) is 4.53. The molecule has 0 aliphatic heterocycles. The third kappa shape index (κ3) is 1.98. The Balaban J connectivity index is 2.22. The molecule has 2 heteroatoms. The molecule has 1 aliphatic rings. The highest BCUT2D eigenvalue weighted by atomic mass is 32.1. The molecule has 0 radical (unpaired) electrons. The number of thiophene rings is 1. The average molecular weight is 259 g/mol. The summed E-state index contributed by atoms with van der Waals surface area (Å²) in [4.78, 5) is 1.40. The second kappa shape index (κ2) is 4.07. The Kier molecular flexibility index (Phi) is 2.76. The van der Waals surface area contributed by atoms with Crippen LogP contribution in [0.25, 0.3) is 10.1 Å². The van der Waals surface area contributed by atoms with Crippen LogP contribution in [0.3, 0.4) is 0 Å². The fraction of sp³-hybridized carbons (Fsp3) is 0.500. The second-order valence-corrected chi connectivity index (χ2v) is 7.51. The van der Waals surface area contributed by atoms with Gasteiger partial charge in [-0.1, -0.05) is 26.8 Å². The van der Waals surface area contributed by atoms with E-state index >= 15 is 0 Å². The molecule has 1 aromatic heterocycles. The van der Waals surface area contributed by atoms with Crippen LogP contribution in [0.2, 0.25) is 0 Å². The largest absolute Gasteiger partial charge is 0.326 e. The monoisotopic (exact) mass is 259 g/mol. The van der Waals surface area contributed by atoms with Gasteiger partial charge in [0.2, 0.25) is 0 Å². The second-order valence-electron chi connectivity index (χ2n) is 6.38. The van der Waals surface area contributed by atoms with Crippen LogP contribution >= 0.6 is 11.3 Å². The van der Waals surface area contributed by atoms with Gasteiger partial charge in [0.1, 0.15) is 0 Å². The normalized spacial score (nSPS) is 16.4. The smallest absolute Gasteiger partial charge is 0.0349 e. The fourth-order valence-corrected chi connectivity index (χ4v) is 3.76. The summed E-state index contributed by atoms with van der Waals surface area (Å²) in [5, 5.41) is 1.47. The zero-order chi connectivity index (χ0) is 12.9. The van der Waals surface area contributed by atoms with Crippen molar-refractivity contribution < 1.29 is 0 Å². The van der Waals surface area contributed by atoms with Crippen molar-refractivity contribution in [3.63, 3.8) is 0 Å². The van der Waals surface area contributed by atoms with Gasteiger partial charge in [-0.25, -0.2) is 0 Å². The lowest BCUT2D eigenvalue weighted by molar-refractivity contribution is 0.591. The Morgan fingerprint density at radius 1 is 1.28 bits per heavy atom. The molecule has 0 spiro atoms. The molecular weight excluding hydrogens is 238 g/mol. The molecule has 1 saturated carbocycles. The maximum absolute atomic E-state index is 5.91. The lowest BCUT2D eigenvalue weighted by Crippen LogP contribution is -2.10. The molecule has 0 bridgehead atoms. The number of hydrogen-bond acceptors (Lipinski definition) is 2. The number of rotatable bonds is 2. The summed E-state index contributed by atoms with van der Waals surface area (Å²) in [5.74, 6) is 0.785. The molecule has 2 N–H and O–H groups in total. The number of hydrogen-bond donors (Lipinski definition) is 1. The average Bonchev–Trinajstić information content (AvgIpc) is 3.07. The minimum absolute atomic E-state index is 0.222. The topological polar surface area (TPSA) is 26.0 Å². The molecule has 1 aliphatic carbocycles. The van der Waals surface area contributed by atoms with Crippen LogP contribution < -0.4 is 5.73 Å². The maximum atomic E-state index is 5.91. The van der Waals surface area contributed by atoms with Crippen molar-refractivity contribution in [1.82, 2.24) is 0 Å². The van der Waals surface area contributed by atoms with Gasteiger partial charge >= 0.3 is 0 Å². The zero-order valence-electron chi connectivity index (χ0n) is 11.4. The van der Waals surface area contributed by atoms with Crippen LogP contribution in [0.1, 0.15) is 55.5 Å². The van der Waals surface area contributed by atoms with Gasteiger partial charge in [-0.3, -0.25) is 0 Å². The Bertz CT molecular complexity index is 585. The molecule has 2 aromatic rings. The van der Waals surface area contributed by atoms with E-state index in [9.17, 15) is 0 Å². The maximum Gasteiger partial charge on any atom is 0.0349 e. The first-order valence-corrected chi connectivity index (χ1v) is 7.58. The van der Waals surface area contributed by atoms with E-state index in [1.165, 1.54) is 33.4 Å². The predicted molar refractivity (Wildman–Crippen MR) is 80.4 cm³/mol. The lowest BCUT2D eigenvalue weighted by Gasteiger charge is -2.19. The van der Waals surface area contributed by atoms with E-state index in [0.29, 0.717) is 6.54 Å². The molecule has 1 heterocycles. The third-order valence-electron chi connectivity index (χ3n) is 3.84. The van der Waals surface area contributed by atoms with Crippen molar-refractivity contribution >= 4 is 21.4 Å². The molecule has 0 unspecified atom stereocenters. The molecule has 3 rings (SSSR count). The Morgan fingerprint density at radius 2 is 2.00 bits per heavy atom. The Labute approximate surface area is 113 Å². The SMILES string of the molecule is CC(C)(C)c1ccc2sc(CN)c(C3CC3)c2c1. The van der Waals surface area contributed by atoms with E-state index in [1.807, 2.05) is 11.3 Å². The van der Waals surface area contributed by atoms with Crippen LogP contribution in [-0.4, -0.2) is 0 Å². The number of fused-ring (bicyclic) bond motifs is 1. The zero-order valence-corrected chi connectivity index (χ0v) is 12.2. The summed E-state index contributed by atoms with van der Waals surface area (Å²) >= 11 is 1.89. The van der Waals surface area contributed by atoms with E-state index < -0.39 is 0 Å². The summed E-state index contributed by atoms with van der Waals surface area (Å²) < 4.78 is 1.41. The van der Waals surface area contributed by atoms with Crippen LogP contribution in [-0.2, 0) is 12.0 Å². The van der Waals surface area contributed by atoms with E-state index in [4.69, 9.17) is 5.73 Å². The van der Waals surface area contributed by atoms with Crippen LogP contribution in [0.15, 0.2) is 18.2 Å². The van der Waals surface area contributed by atoms with E-state index in [1.54, 1.807) is 5.56 Å². The van der Waals surface area contributed by atoms with Crippen molar-refractivity contribution in [2.75, 3.05) is 0 Å². The van der Waals surface area contributed by atoms with Crippen LogP contribution in [0.4, 0.5) is 0 Å². The summed E-state index contributed by atoms with van der Waals surface area (Å²) in [7, 11) is 0. The van der Waals surface area contributed by atoms with Crippen LogP contribution in [0.5, 0.6) is 0 Å². The summed E-state index contributed by atoms with van der Waals surface area (Å²) in [5.41, 5.74) is 9.12. The fourth-order valence-electron chi connectivity index (χ4n) is 2.61. The first-order chi connectivity index (χ1) is 8.50. The molecule has 0 saturated heterocycles. The van der Waals surface area contributed by atoms with Crippen molar-refractivity contribution in [2.24, 2.45) is 5.73 Å². The third-order valence-corrected chi connectivity index (χ3v) is 5.05. The molecule has 0 atom stereocenters. The van der Waals surface area contributed by atoms with Gasteiger partial charge in [-0.15, -0.1) is 11.3 Å². The minimum Gasteiger partial charge on any atom is -0.326 e. The molecule has 1 fully saturated rings. The quantitative estimate of drug-likeness (QED) is 0.842. The summed E-state index contributed by atoms with van der Waals surface area (Å²) in [6, 6.07) is 6.96. The number of benzene rings is 1. The lowest BCUT2D eigenvalue weighted by atomic mass is 9.86. The molecule has 96 valence electrons. The molecule has 0 amide bonds. The Morgan fingerprint density at radius 3 is 2.56 bits per heavy atom. The van der Waals surface area contributed by atoms with Gasteiger partial charge in [0, 0.05) is 16.1 Å². The van der Waals surface area contributed by atoms with Gasteiger partial charge < -0.3 is 5.73 Å². The molecule has 1 nitrogen and oxygen atoms in total. The van der Waals surface area contributed by atoms with Crippen molar-refractivity contribution in [1.29, 1.82) is 0 Å². The highest BCUT2D eigenvalue weighted by Gasteiger charge is 2.29. The summed E-state index contributed by atoms with van der Waals surface area (Å²) in [6.45, 7) is 7.53. The molecular formula is C16H21NS. The summed E-state index contributed by atoms with van der Waals surface area (Å²) in [6.07, 6.45) is 2.69. The van der Waals surface area contributed by atoms with Gasteiger partial charge in [0.15, 0.2) is 0 Å². The van der Waals surface area contributed by atoms with Crippen molar-refractivity contribution in [2.45, 2.75) is 51.5 Å². The molecule has 18 heavy (non-hydrogen) atoms. The van der Waals surface area contributed by atoms with Gasteiger partial charge in [0.05, 0.1) is 0 Å². The van der Waals surface area contributed by atoms with E-state index in [2.05, 4.69) is 39.0 Å². The van der Waals surface area contributed by atoms with Crippen molar-refractivity contribution in [3.8, 4) is 0 Å². The van der Waals surface area contributed by atoms with Gasteiger partial charge in [-0.05, 0) is 52.8 Å². The van der Waals surface area contributed by atoms with E-state index in [-0.39, 0.29) is 5.41 Å². The first kappa shape index (κ1) is 12.2. The highest BCUT2D eigenvalue weighted by Crippen LogP contribution is 2.48. The number of nitrogens with two attached hydrogens (primary N) is 1. The first-order valence-electron chi connectivity index (χ1n) is 6.76.